The van der Waals surface area contributed by atoms with Crippen LogP contribution in [0.2, 0.25) is 0 Å². The number of aromatic nitrogens is 1. The molecule has 0 saturated heterocycles. The van der Waals surface area contributed by atoms with Crippen molar-refractivity contribution >= 4 is 22.5 Å². The van der Waals surface area contributed by atoms with Crippen LogP contribution in [-0.2, 0) is 11.0 Å². The minimum Gasteiger partial charge on any atom is -0.479 e. The van der Waals surface area contributed by atoms with Crippen molar-refractivity contribution in [3.63, 3.8) is 0 Å². The van der Waals surface area contributed by atoms with E-state index in [1.807, 2.05) is 0 Å². The maximum absolute atomic E-state index is 13.6. The number of ether oxygens (including phenoxy) is 2. The molecule has 1 unspecified atom stereocenters. The molecule has 0 aliphatic carbocycles. The van der Waals surface area contributed by atoms with Crippen LogP contribution in [-0.4, -0.2) is 35.8 Å². The van der Waals surface area contributed by atoms with E-state index in [4.69, 9.17) is 9.47 Å². The highest BCUT2D eigenvalue weighted by Gasteiger charge is 2.41. The lowest BCUT2D eigenvalue weighted by atomic mass is 10.0. The maximum atomic E-state index is 13.6. The van der Waals surface area contributed by atoms with E-state index in [1.165, 1.54) is 6.92 Å². The Kier molecular flexibility index (Phi) is 5.04. The van der Waals surface area contributed by atoms with Crippen LogP contribution in [0.25, 0.3) is 10.9 Å². The summed E-state index contributed by atoms with van der Waals surface area (Å²) in [4.78, 5) is 16.6. The van der Waals surface area contributed by atoms with E-state index in [0.29, 0.717) is 11.0 Å². The van der Waals surface area contributed by atoms with Gasteiger partial charge in [0.1, 0.15) is 12.3 Å². The second-order valence-electron chi connectivity index (χ2n) is 6.81. The Bertz CT molecular complexity index is 955. The molecule has 1 atom stereocenters. The van der Waals surface area contributed by atoms with Crippen molar-refractivity contribution in [2.24, 2.45) is 0 Å². The van der Waals surface area contributed by atoms with Gasteiger partial charge in [0.25, 0.3) is 5.91 Å². The molecule has 0 spiro atoms. The van der Waals surface area contributed by atoms with E-state index >= 15 is 0 Å². The zero-order chi connectivity index (χ0) is 21.7. The summed E-state index contributed by atoms with van der Waals surface area (Å²) in [5, 5.41) is -0.467. The molecule has 158 valence electrons. The Morgan fingerprint density at radius 1 is 1.17 bits per heavy atom. The number of alkyl halides is 6. The van der Waals surface area contributed by atoms with Gasteiger partial charge in [0, 0.05) is 17.5 Å². The zero-order valence-corrected chi connectivity index (χ0v) is 15.5. The monoisotopic (exact) mass is 422 g/mol. The third kappa shape index (κ3) is 4.33. The molecule has 0 fully saturated rings. The fourth-order valence-electron chi connectivity index (χ4n) is 2.98. The van der Waals surface area contributed by atoms with E-state index in [1.54, 1.807) is 13.8 Å². The number of carbonyl (C=O) groups is 1. The number of carbonyl (C=O) groups excluding carboxylic acids is 1. The van der Waals surface area contributed by atoms with Crippen LogP contribution >= 0.6 is 0 Å². The number of amides is 1. The van der Waals surface area contributed by atoms with E-state index in [2.05, 4.69) is 4.98 Å². The molecule has 0 bridgehead atoms. The minimum atomic E-state index is -4.83. The van der Waals surface area contributed by atoms with Gasteiger partial charge in [0.05, 0.1) is 22.9 Å². The number of fused-ring (bicyclic) bond motifs is 2. The first-order valence-electron chi connectivity index (χ1n) is 8.53. The minimum absolute atomic E-state index is 0.170. The topological polar surface area (TPSA) is 51.7 Å². The van der Waals surface area contributed by atoms with Crippen molar-refractivity contribution in [2.45, 2.75) is 45.3 Å². The van der Waals surface area contributed by atoms with E-state index in [0.717, 1.165) is 12.1 Å². The Hall–Kier alpha value is -2.72. The summed E-state index contributed by atoms with van der Waals surface area (Å²) >= 11 is 0. The van der Waals surface area contributed by atoms with Crippen LogP contribution in [0.15, 0.2) is 18.2 Å². The summed E-state index contributed by atoms with van der Waals surface area (Å²) in [5.41, 5.74) is -1.72. The van der Waals surface area contributed by atoms with Gasteiger partial charge in [0.15, 0.2) is 6.10 Å². The van der Waals surface area contributed by atoms with Crippen molar-refractivity contribution in [3.8, 4) is 11.6 Å². The zero-order valence-electron chi connectivity index (χ0n) is 15.5. The smallest absolute Gasteiger partial charge is 0.417 e. The van der Waals surface area contributed by atoms with Gasteiger partial charge in [-0.25, -0.2) is 4.98 Å². The molecule has 1 aliphatic heterocycles. The fourth-order valence-corrected chi connectivity index (χ4v) is 2.98. The van der Waals surface area contributed by atoms with Crippen LogP contribution in [0.4, 0.5) is 32.0 Å². The van der Waals surface area contributed by atoms with Crippen LogP contribution in [0, 0.1) is 0 Å². The van der Waals surface area contributed by atoms with Crippen LogP contribution in [0.5, 0.6) is 11.6 Å². The predicted molar refractivity (Wildman–Crippen MR) is 91.0 cm³/mol. The number of hydrogen-bond acceptors (Lipinski definition) is 4. The molecule has 0 N–H and O–H groups in total. The number of benzene rings is 1. The van der Waals surface area contributed by atoms with E-state index < -0.39 is 53.6 Å². The molecule has 1 aromatic heterocycles. The first-order chi connectivity index (χ1) is 13.3. The molecule has 0 saturated carbocycles. The maximum Gasteiger partial charge on any atom is 0.417 e. The van der Waals surface area contributed by atoms with Gasteiger partial charge in [0.2, 0.25) is 5.88 Å². The molecule has 5 nitrogen and oxygen atoms in total. The Morgan fingerprint density at radius 2 is 1.83 bits per heavy atom. The first-order valence-corrected chi connectivity index (χ1v) is 8.53. The van der Waals surface area contributed by atoms with Crippen LogP contribution in [0.3, 0.4) is 0 Å². The van der Waals surface area contributed by atoms with Crippen LogP contribution < -0.4 is 14.4 Å². The number of anilines is 1. The molecule has 1 aromatic carbocycles. The number of hydrogen-bond donors (Lipinski definition) is 0. The van der Waals surface area contributed by atoms with Crippen molar-refractivity contribution in [2.75, 3.05) is 11.4 Å². The van der Waals surface area contributed by atoms with Crippen molar-refractivity contribution in [1.29, 1.82) is 0 Å². The first kappa shape index (κ1) is 21.0. The normalized spacial score (nSPS) is 17.5. The standard InChI is InChI=1S/C18H16F6N2O3/c1-8(2)28-15-5-11(18(22,23)24)10-4-13-14(6-12(10)25-15)29-9(3)16(27)26(13)7-17(19,20)21/h4-6,8-9H,7H2,1-3H3. The number of nitrogens with zero attached hydrogens (tertiary/aromatic N) is 2. The Labute approximate surface area is 161 Å². The number of halogens is 6. The summed E-state index contributed by atoms with van der Waals surface area (Å²) < 4.78 is 90.2. The fraction of sp³-hybridized carbons (Fsp3) is 0.444. The molecular weight excluding hydrogens is 406 g/mol. The van der Waals surface area contributed by atoms with Gasteiger partial charge in [-0.2, -0.15) is 26.3 Å². The Balaban J connectivity index is 2.25. The summed E-state index contributed by atoms with van der Waals surface area (Å²) in [6.45, 7) is 2.82. The van der Waals surface area contributed by atoms with Crippen LogP contribution in [0.1, 0.15) is 26.3 Å². The average molecular weight is 422 g/mol. The second-order valence-corrected chi connectivity index (χ2v) is 6.81. The molecule has 1 aliphatic rings. The predicted octanol–water partition coefficient (Wildman–Crippen LogP) is 4.72. The third-order valence-corrected chi connectivity index (χ3v) is 4.07. The van der Waals surface area contributed by atoms with Crippen molar-refractivity contribution in [1.82, 2.24) is 4.98 Å². The molecule has 2 heterocycles. The summed E-state index contributed by atoms with van der Waals surface area (Å²) in [7, 11) is 0. The van der Waals surface area contributed by atoms with E-state index in [9.17, 15) is 31.1 Å². The molecule has 1 amide bonds. The SMILES string of the molecule is CC(C)Oc1cc(C(F)(F)F)c2cc3c(cc2n1)OC(C)C(=O)N3CC(F)(F)F. The largest absolute Gasteiger partial charge is 0.479 e. The average Bonchev–Trinajstić information content (AvgIpc) is 2.54. The third-order valence-electron chi connectivity index (χ3n) is 4.07. The highest BCUT2D eigenvalue weighted by molar-refractivity contribution is 6.03. The molecular formula is C18H16F6N2O3. The van der Waals surface area contributed by atoms with Crippen molar-refractivity contribution in [3.05, 3.63) is 23.8 Å². The quantitative estimate of drug-likeness (QED) is 0.672. The molecule has 0 radical (unpaired) electrons. The lowest BCUT2D eigenvalue weighted by Crippen LogP contribution is -2.48. The van der Waals surface area contributed by atoms with Gasteiger partial charge >= 0.3 is 12.4 Å². The van der Waals surface area contributed by atoms with Gasteiger partial charge in [-0.05, 0) is 26.8 Å². The summed E-state index contributed by atoms with van der Waals surface area (Å²) in [6, 6.07) is 2.60. The molecule has 11 heteroatoms. The lowest BCUT2D eigenvalue weighted by Gasteiger charge is -2.33. The second kappa shape index (κ2) is 6.96. The van der Waals surface area contributed by atoms with Crippen molar-refractivity contribution < 1.29 is 40.6 Å². The summed E-state index contributed by atoms with van der Waals surface area (Å²) in [5.74, 6) is -1.46. The number of pyridine rings is 1. The van der Waals surface area contributed by atoms with E-state index in [-0.39, 0.29) is 17.1 Å². The summed E-state index contributed by atoms with van der Waals surface area (Å²) in [6.07, 6.45) is -11.3. The van der Waals surface area contributed by atoms with Gasteiger partial charge in [-0.3, -0.25) is 9.69 Å². The highest BCUT2D eigenvalue weighted by atomic mass is 19.4. The Morgan fingerprint density at radius 3 is 2.38 bits per heavy atom. The molecule has 29 heavy (non-hydrogen) atoms. The van der Waals surface area contributed by atoms with Gasteiger partial charge in [-0.15, -0.1) is 0 Å². The van der Waals surface area contributed by atoms with Gasteiger partial charge in [-0.1, -0.05) is 0 Å². The van der Waals surface area contributed by atoms with Gasteiger partial charge < -0.3 is 9.47 Å². The number of rotatable bonds is 3. The lowest BCUT2D eigenvalue weighted by molar-refractivity contribution is -0.137. The highest BCUT2D eigenvalue weighted by Crippen LogP contribution is 2.43. The molecule has 2 aromatic rings. The molecule has 3 rings (SSSR count).